The Morgan fingerprint density at radius 1 is 0.929 bits per heavy atom. The monoisotopic (exact) mass is 254 g/mol. The van der Waals surface area contributed by atoms with E-state index >= 15 is 0 Å². The molecule has 0 fully saturated rings. The van der Waals surface area contributed by atoms with Crippen molar-refractivity contribution in [2.24, 2.45) is 0 Å². The fourth-order valence-corrected chi connectivity index (χ4v) is 7.10. The Labute approximate surface area is 90.2 Å². The summed E-state index contributed by atoms with van der Waals surface area (Å²) in [6, 6.07) is 10.3. The molecule has 0 saturated heterocycles. The number of benzene rings is 1. The zero-order valence-electron chi connectivity index (χ0n) is 9.42. The Balaban J connectivity index is 2.74. The van der Waals surface area contributed by atoms with Crippen LogP contribution in [0.25, 0.3) is 0 Å². The van der Waals surface area contributed by atoms with Crippen LogP contribution in [0.4, 0.5) is 0 Å². The first kappa shape index (κ1) is 11.6. The minimum atomic E-state index is -1.98. The summed E-state index contributed by atoms with van der Waals surface area (Å²) in [4.78, 5) is 0. The van der Waals surface area contributed by atoms with Crippen molar-refractivity contribution in [1.82, 2.24) is 0 Å². The molecule has 2 heteroatoms. The molecule has 0 radical (unpaired) electrons. The average Bonchev–Trinajstić information content (AvgIpc) is 2.28. The fraction of sp³-hybridized carbons (Fsp3) is 0.500. The van der Waals surface area contributed by atoms with Crippen LogP contribution in [0, 0.1) is 0 Å². The Hall–Kier alpha value is -0.437. The van der Waals surface area contributed by atoms with Crippen molar-refractivity contribution in [2.75, 3.05) is 0 Å². The van der Waals surface area contributed by atoms with E-state index in [1.54, 1.807) is 0 Å². The molecule has 1 rings (SSSR count). The Morgan fingerprint density at radius 2 is 1.43 bits per heavy atom. The van der Waals surface area contributed by atoms with Gasteiger partial charge in [-0.2, -0.15) is 0 Å². The molecule has 0 amide bonds. The molecule has 0 bridgehead atoms. The molecule has 1 nitrogen and oxygen atoms in total. The predicted molar refractivity (Wildman–Crippen MR) is 64.3 cm³/mol. The topological polar surface area (TPSA) is 9.23 Å². The minimum absolute atomic E-state index is 1.07. The number of hydrogen-bond donors (Lipinski definition) is 0. The average molecular weight is 253 g/mol. The van der Waals surface area contributed by atoms with E-state index in [1.807, 2.05) is 18.2 Å². The molecule has 0 N–H and O–H groups in total. The molecule has 14 heavy (non-hydrogen) atoms. The van der Waals surface area contributed by atoms with Gasteiger partial charge in [0.1, 0.15) is 0 Å². The van der Waals surface area contributed by atoms with E-state index in [4.69, 9.17) is 3.76 Å². The van der Waals surface area contributed by atoms with Crippen molar-refractivity contribution in [1.29, 1.82) is 0 Å². The quantitative estimate of drug-likeness (QED) is 0.718. The van der Waals surface area contributed by atoms with Crippen molar-refractivity contribution in [3.63, 3.8) is 0 Å². The van der Waals surface area contributed by atoms with Gasteiger partial charge >= 0.3 is 90.0 Å². The molecule has 0 unspecified atom stereocenters. The fourth-order valence-electron chi connectivity index (χ4n) is 1.71. The maximum absolute atomic E-state index is 6.24. The van der Waals surface area contributed by atoms with E-state index < -0.39 is 13.6 Å². The SMILES string of the molecule is C[CH2][Ge]([CH2]C)([CH2]C)[O]c1ccccc1. The zero-order valence-corrected chi connectivity index (χ0v) is 11.5. The van der Waals surface area contributed by atoms with E-state index in [-0.39, 0.29) is 0 Å². The van der Waals surface area contributed by atoms with Gasteiger partial charge in [0, 0.05) is 0 Å². The van der Waals surface area contributed by atoms with Crippen molar-refractivity contribution in [2.45, 2.75) is 36.5 Å². The summed E-state index contributed by atoms with van der Waals surface area (Å²) in [6.45, 7) is 6.82. The Kier molecular flexibility index (Phi) is 4.53. The molecule has 0 saturated carbocycles. The Bertz CT molecular complexity index is 246. The Morgan fingerprint density at radius 3 is 1.86 bits per heavy atom. The van der Waals surface area contributed by atoms with Crippen LogP contribution in [-0.4, -0.2) is 13.6 Å². The van der Waals surface area contributed by atoms with Gasteiger partial charge in [0.25, 0.3) is 0 Å². The molecular formula is C12H20GeO. The van der Waals surface area contributed by atoms with Gasteiger partial charge in [0.2, 0.25) is 0 Å². The molecule has 0 aromatic heterocycles. The second-order valence-corrected chi connectivity index (χ2v) is 13.5. The molecule has 1 aromatic rings. The van der Waals surface area contributed by atoms with Crippen LogP contribution < -0.4 is 3.76 Å². The molecule has 0 atom stereocenters. The number of rotatable bonds is 5. The van der Waals surface area contributed by atoms with Crippen LogP contribution in [0.15, 0.2) is 30.3 Å². The van der Waals surface area contributed by atoms with E-state index in [9.17, 15) is 0 Å². The van der Waals surface area contributed by atoms with Gasteiger partial charge in [-0.15, -0.1) is 0 Å². The van der Waals surface area contributed by atoms with Gasteiger partial charge in [-0.25, -0.2) is 0 Å². The van der Waals surface area contributed by atoms with E-state index in [2.05, 4.69) is 32.9 Å². The summed E-state index contributed by atoms with van der Waals surface area (Å²) in [5.41, 5.74) is 0. The molecule has 0 aliphatic rings. The first-order chi connectivity index (χ1) is 6.76. The maximum atomic E-state index is 6.24. The molecule has 78 valence electrons. The summed E-state index contributed by atoms with van der Waals surface area (Å²) >= 11 is -1.98. The van der Waals surface area contributed by atoms with Gasteiger partial charge in [-0.05, 0) is 0 Å². The van der Waals surface area contributed by atoms with E-state index in [0.717, 1.165) is 5.75 Å². The second-order valence-electron chi connectivity index (χ2n) is 3.66. The van der Waals surface area contributed by atoms with Gasteiger partial charge < -0.3 is 0 Å². The molecule has 0 aliphatic carbocycles. The van der Waals surface area contributed by atoms with Gasteiger partial charge in [0.05, 0.1) is 0 Å². The zero-order chi connectivity index (χ0) is 10.4. The summed E-state index contributed by atoms with van der Waals surface area (Å²) in [6.07, 6.45) is 0. The summed E-state index contributed by atoms with van der Waals surface area (Å²) in [5.74, 6) is 1.07. The summed E-state index contributed by atoms with van der Waals surface area (Å²) in [5, 5.41) is 3.76. The van der Waals surface area contributed by atoms with Crippen molar-refractivity contribution < 1.29 is 3.76 Å². The van der Waals surface area contributed by atoms with Crippen LogP contribution in [0.5, 0.6) is 5.75 Å². The van der Waals surface area contributed by atoms with Crippen molar-refractivity contribution in [3.05, 3.63) is 30.3 Å². The molecule has 1 aromatic carbocycles. The third kappa shape index (κ3) is 2.77. The van der Waals surface area contributed by atoms with Gasteiger partial charge in [0.15, 0.2) is 0 Å². The van der Waals surface area contributed by atoms with Gasteiger partial charge in [-0.3, -0.25) is 0 Å². The summed E-state index contributed by atoms with van der Waals surface area (Å²) in [7, 11) is 0. The van der Waals surface area contributed by atoms with Crippen LogP contribution in [-0.2, 0) is 0 Å². The standard InChI is InChI=1S/C12H20GeO/c1-4-13(5-2,6-3)14-12-10-8-7-9-11-12/h7-11H,4-6H2,1-3H3. The summed E-state index contributed by atoms with van der Waals surface area (Å²) < 4.78 is 6.24. The van der Waals surface area contributed by atoms with Crippen LogP contribution in [0.2, 0.25) is 15.8 Å². The molecule has 0 heterocycles. The van der Waals surface area contributed by atoms with Crippen molar-refractivity contribution >= 4 is 13.6 Å². The first-order valence-electron chi connectivity index (χ1n) is 5.50. The molecule has 0 spiro atoms. The van der Waals surface area contributed by atoms with Crippen LogP contribution in [0.3, 0.4) is 0 Å². The normalized spacial score (nSPS) is 11.4. The second kappa shape index (κ2) is 5.45. The number of para-hydroxylation sites is 1. The predicted octanol–water partition coefficient (Wildman–Crippen LogP) is 4.07. The van der Waals surface area contributed by atoms with Gasteiger partial charge in [-0.1, -0.05) is 0 Å². The van der Waals surface area contributed by atoms with Crippen LogP contribution in [0.1, 0.15) is 20.8 Å². The first-order valence-corrected chi connectivity index (χ1v) is 10.8. The van der Waals surface area contributed by atoms with Crippen molar-refractivity contribution in [3.8, 4) is 5.75 Å². The van der Waals surface area contributed by atoms with E-state index in [1.165, 1.54) is 15.8 Å². The third-order valence-corrected chi connectivity index (χ3v) is 12.5. The molecule has 0 aliphatic heterocycles. The number of hydrogen-bond acceptors (Lipinski definition) is 1. The molecular weight excluding hydrogens is 233 g/mol. The van der Waals surface area contributed by atoms with E-state index in [0.29, 0.717) is 0 Å². The van der Waals surface area contributed by atoms with Crippen LogP contribution >= 0.6 is 0 Å². The third-order valence-electron chi connectivity index (χ3n) is 3.01.